The van der Waals surface area contributed by atoms with E-state index in [1.807, 2.05) is 0 Å². The molecule has 2 aromatic rings. The van der Waals surface area contributed by atoms with Crippen LogP contribution in [0.1, 0.15) is 13.8 Å². The fourth-order valence-corrected chi connectivity index (χ4v) is 5.00. The van der Waals surface area contributed by atoms with Gasteiger partial charge in [-0.15, -0.1) is 4.13 Å². The molecule has 2 aromatic carbocycles. The Kier molecular flexibility index (Phi) is 5.98. The second-order valence-electron chi connectivity index (χ2n) is 5.50. The van der Waals surface area contributed by atoms with Crippen LogP contribution in [0.15, 0.2) is 58.3 Å². The number of carbonyl (C=O) groups excluding carboxylic acids is 2. The predicted octanol–water partition coefficient (Wildman–Crippen LogP) is 1.27. The Balaban J connectivity index is 2.22. The third kappa shape index (κ3) is 5.61. The summed E-state index contributed by atoms with van der Waals surface area (Å²) in [6.07, 6.45) is 0. The van der Waals surface area contributed by atoms with E-state index >= 15 is 0 Å². The first-order valence-corrected chi connectivity index (χ1v) is 10.5. The smallest absolute Gasteiger partial charge is 0.253 e. The van der Waals surface area contributed by atoms with Crippen molar-refractivity contribution in [2.24, 2.45) is 0 Å². The average molecular weight is 411 g/mol. The molecule has 0 spiro atoms. The van der Waals surface area contributed by atoms with E-state index in [1.165, 1.54) is 62.4 Å². The molecule has 0 atom stereocenters. The molecule has 0 aliphatic heterocycles. The van der Waals surface area contributed by atoms with Crippen molar-refractivity contribution < 1.29 is 26.4 Å². The van der Waals surface area contributed by atoms with E-state index in [2.05, 4.69) is 10.6 Å². The van der Waals surface area contributed by atoms with E-state index in [-0.39, 0.29) is 21.6 Å². The van der Waals surface area contributed by atoms with Crippen LogP contribution in [-0.2, 0) is 29.6 Å². The Hall–Kier alpha value is -2.76. The summed E-state index contributed by atoms with van der Waals surface area (Å²) in [6, 6.07) is 10.0. The van der Waals surface area contributed by atoms with Crippen molar-refractivity contribution in [3.63, 3.8) is 0 Å². The molecule has 2 rings (SSSR count). The van der Waals surface area contributed by atoms with Gasteiger partial charge in [0.05, 0.1) is 9.79 Å². The van der Waals surface area contributed by atoms with Crippen molar-refractivity contribution in [3.8, 4) is 0 Å². The third-order valence-corrected chi connectivity index (χ3v) is 6.73. The number of anilines is 2. The molecule has 0 aliphatic carbocycles. The zero-order valence-electron chi connectivity index (χ0n) is 14.4. The van der Waals surface area contributed by atoms with Crippen LogP contribution in [0.5, 0.6) is 0 Å². The van der Waals surface area contributed by atoms with Gasteiger partial charge in [-0.25, -0.2) is 16.8 Å². The van der Waals surface area contributed by atoms with Crippen molar-refractivity contribution in [2.45, 2.75) is 23.6 Å². The first-order valence-electron chi connectivity index (χ1n) is 7.53. The summed E-state index contributed by atoms with van der Waals surface area (Å²) < 4.78 is 51.0. The van der Waals surface area contributed by atoms with Gasteiger partial charge >= 0.3 is 0 Å². The highest BCUT2D eigenvalue weighted by Gasteiger charge is 2.24. The maximum Gasteiger partial charge on any atom is 0.253 e. The van der Waals surface area contributed by atoms with Gasteiger partial charge in [0.1, 0.15) is 0 Å². The maximum absolute atomic E-state index is 12.3. The SMILES string of the molecule is CC(=O)Nc1ccc(S(=O)(=O)NS(=O)(=O)c2ccc(NC(C)=O)cc2)cc1. The molecule has 0 saturated heterocycles. The Morgan fingerprint density at radius 2 is 0.926 bits per heavy atom. The normalized spacial score (nSPS) is 11.6. The fraction of sp³-hybridized carbons (Fsp3) is 0.125. The van der Waals surface area contributed by atoms with Gasteiger partial charge in [0.15, 0.2) is 0 Å². The Labute approximate surface area is 156 Å². The minimum absolute atomic E-state index is 0.282. The first-order chi connectivity index (χ1) is 12.5. The van der Waals surface area contributed by atoms with E-state index in [9.17, 15) is 26.4 Å². The largest absolute Gasteiger partial charge is 0.326 e. The molecule has 0 aromatic heterocycles. The number of carbonyl (C=O) groups is 2. The highest BCUT2D eigenvalue weighted by Crippen LogP contribution is 2.18. The van der Waals surface area contributed by atoms with Gasteiger partial charge in [-0.05, 0) is 48.5 Å². The lowest BCUT2D eigenvalue weighted by molar-refractivity contribution is -0.115. The van der Waals surface area contributed by atoms with E-state index in [0.29, 0.717) is 11.4 Å². The standard InChI is InChI=1S/C16H17N3O6S2/c1-11(20)17-13-3-7-15(8-4-13)26(22,23)19-27(24,25)16-9-5-14(6-10-16)18-12(2)21/h3-10,19H,1-2H3,(H,17,20)(H,18,21). The summed E-state index contributed by atoms with van der Waals surface area (Å²) in [7, 11) is -8.72. The predicted molar refractivity (Wildman–Crippen MR) is 99.0 cm³/mol. The first kappa shape index (κ1) is 20.6. The van der Waals surface area contributed by atoms with E-state index in [0.717, 1.165) is 0 Å². The minimum Gasteiger partial charge on any atom is -0.326 e. The van der Waals surface area contributed by atoms with E-state index in [4.69, 9.17) is 0 Å². The van der Waals surface area contributed by atoms with Crippen molar-refractivity contribution in [1.82, 2.24) is 4.13 Å². The summed E-state index contributed by atoms with van der Waals surface area (Å²) in [6.45, 7) is 2.60. The monoisotopic (exact) mass is 411 g/mol. The van der Waals surface area contributed by atoms with Crippen molar-refractivity contribution in [3.05, 3.63) is 48.5 Å². The number of nitrogens with one attached hydrogen (secondary N) is 3. The number of hydrogen-bond acceptors (Lipinski definition) is 6. The van der Waals surface area contributed by atoms with Crippen LogP contribution in [0.2, 0.25) is 0 Å². The Morgan fingerprint density at radius 3 is 1.19 bits per heavy atom. The van der Waals surface area contributed by atoms with Gasteiger partial charge in [-0.3, -0.25) is 9.59 Å². The molecule has 27 heavy (non-hydrogen) atoms. The molecule has 3 N–H and O–H groups in total. The average Bonchev–Trinajstić information content (AvgIpc) is 2.53. The molecule has 9 nitrogen and oxygen atoms in total. The molecule has 0 heterocycles. The van der Waals surface area contributed by atoms with Crippen LogP contribution >= 0.6 is 0 Å². The molecule has 0 radical (unpaired) electrons. The maximum atomic E-state index is 12.3. The zero-order valence-corrected chi connectivity index (χ0v) is 16.0. The number of sulfonamides is 2. The van der Waals surface area contributed by atoms with Crippen molar-refractivity contribution in [1.29, 1.82) is 0 Å². The van der Waals surface area contributed by atoms with E-state index < -0.39 is 20.0 Å². The van der Waals surface area contributed by atoms with Crippen LogP contribution in [-0.4, -0.2) is 28.6 Å². The highest BCUT2D eigenvalue weighted by molar-refractivity contribution is 8.04. The number of amides is 2. The lowest BCUT2D eigenvalue weighted by atomic mass is 10.3. The Morgan fingerprint density at radius 1 is 0.630 bits per heavy atom. The van der Waals surface area contributed by atoms with Crippen molar-refractivity contribution in [2.75, 3.05) is 10.6 Å². The summed E-state index contributed by atoms with van der Waals surface area (Å²) >= 11 is 0. The summed E-state index contributed by atoms with van der Waals surface area (Å²) in [5.74, 6) is -0.650. The minimum atomic E-state index is -4.36. The lowest BCUT2D eigenvalue weighted by Gasteiger charge is -2.10. The number of benzene rings is 2. The van der Waals surface area contributed by atoms with Gasteiger partial charge < -0.3 is 10.6 Å². The molecule has 0 bridgehead atoms. The molecule has 2 amide bonds. The van der Waals surface area contributed by atoms with Crippen LogP contribution < -0.4 is 14.8 Å². The zero-order chi connectivity index (χ0) is 20.2. The highest BCUT2D eigenvalue weighted by atomic mass is 32.3. The van der Waals surface area contributed by atoms with Gasteiger partial charge in [-0.2, -0.15) is 0 Å². The van der Waals surface area contributed by atoms with Gasteiger partial charge in [0.2, 0.25) is 11.8 Å². The molecule has 0 saturated carbocycles. The molecule has 11 heteroatoms. The molecule has 144 valence electrons. The summed E-state index contributed by atoms with van der Waals surface area (Å²) in [5, 5.41) is 4.95. The molecular formula is C16H17N3O6S2. The number of hydrogen-bond donors (Lipinski definition) is 3. The van der Waals surface area contributed by atoms with Gasteiger partial charge in [-0.1, -0.05) is 0 Å². The van der Waals surface area contributed by atoms with Crippen LogP contribution in [0.4, 0.5) is 11.4 Å². The third-order valence-electron chi connectivity index (χ3n) is 3.19. The topological polar surface area (TPSA) is 139 Å². The second kappa shape index (κ2) is 7.86. The fourth-order valence-electron chi connectivity index (χ4n) is 2.08. The summed E-state index contributed by atoms with van der Waals surface area (Å²) in [4.78, 5) is 21.4. The Bertz CT molecular complexity index is 973. The van der Waals surface area contributed by atoms with E-state index in [1.54, 1.807) is 4.13 Å². The van der Waals surface area contributed by atoms with Gasteiger partial charge in [0, 0.05) is 25.2 Å². The van der Waals surface area contributed by atoms with Crippen LogP contribution in [0.25, 0.3) is 0 Å². The van der Waals surface area contributed by atoms with Crippen molar-refractivity contribution >= 4 is 43.2 Å². The van der Waals surface area contributed by atoms with Crippen LogP contribution in [0.3, 0.4) is 0 Å². The lowest BCUT2D eigenvalue weighted by Crippen LogP contribution is -2.30. The molecule has 0 fully saturated rings. The molecule has 0 aliphatic rings. The molecular weight excluding hydrogens is 394 g/mol. The van der Waals surface area contributed by atoms with Crippen LogP contribution in [0, 0.1) is 0 Å². The summed E-state index contributed by atoms with van der Waals surface area (Å²) in [5.41, 5.74) is 0.746. The van der Waals surface area contributed by atoms with Gasteiger partial charge in [0.25, 0.3) is 20.0 Å². The number of rotatable bonds is 6. The second-order valence-corrected chi connectivity index (χ2v) is 9.12. The molecule has 0 unspecified atom stereocenters. The quantitative estimate of drug-likeness (QED) is 0.654.